The van der Waals surface area contributed by atoms with Crippen LogP contribution >= 0.6 is 0 Å². The molecule has 0 aliphatic heterocycles. The highest BCUT2D eigenvalue weighted by atomic mass is 16.5. The highest BCUT2D eigenvalue weighted by Crippen LogP contribution is 2.16. The van der Waals surface area contributed by atoms with Crippen molar-refractivity contribution in [2.45, 2.75) is 0 Å². The summed E-state index contributed by atoms with van der Waals surface area (Å²) in [6, 6.07) is 13.4. The smallest absolute Gasteiger partial charge is 0.255 e. The van der Waals surface area contributed by atoms with Crippen molar-refractivity contribution in [1.29, 1.82) is 0 Å². The van der Waals surface area contributed by atoms with Crippen molar-refractivity contribution in [3.63, 3.8) is 0 Å². The van der Waals surface area contributed by atoms with E-state index in [0.717, 1.165) is 0 Å². The van der Waals surface area contributed by atoms with E-state index < -0.39 is 5.91 Å². The molecule has 0 saturated carbocycles. The van der Waals surface area contributed by atoms with Crippen molar-refractivity contribution in [2.24, 2.45) is 5.73 Å². The quantitative estimate of drug-likeness (QED) is 0.825. The summed E-state index contributed by atoms with van der Waals surface area (Å²) in [5.41, 5.74) is 6.68. The Kier molecular flexibility index (Phi) is 4.78. The van der Waals surface area contributed by atoms with Crippen LogP contribution in [0.5, 0.6) is 5.75 Å². The maximum atomic E-state index is 12.2. The van der Waals surface area contributed by atoms with Gasteiger partial charge in [0.1, 0.15) is 5.75 Å². The number of hydrogen-bond acceptors (Lipinski definition) is 3. The number of benzene rings is 2. The molecule has 0 spiro atoms. The van der Waals surface area contributed by atoms with Gasteiger partial charge in [-0.3, -0.25) is 9.59 Å². The zero-order valence-corrected chi connectivity index (χ0v) is 11.7. The van der Waals surface area contributed by atoms with Crippen LogP contribution in [-0.2, 0) is 4.79 Å². The first kappa shape index (κ1) is 15.1. The Hall–Kier alpha value is -3.26. The number of amides is 2. The minimum atomic E-state index is -0.582. The number of carbonyl (C=O) groups is 2. The lowest BCUT2D eigenvalue weighted by atomic mass is 10.1. The maximum Gasteiger partial charge on any atom is 0.255 e. The van der Waals surface area contributed by atoms with Gasteiger partial charge in [-0.1, -0.05) is 18.1 Å². The molecule has 0 heterocycles. The molecule has 0 atom stereocenters. The second-order valence-corrected chi connectivity index (χ2v) is 4.46. The number of primary amides is 1. The average molecular weight is 294 g/mol. The zero-order chi connectivity index (χ0) is 15.9. The van der Waals surface area contributed by atoms with Gasteiger partial charge in [-0.15, -0.1) is 6.42 Å². The minimum absolute atomic E-state index is 0.241. The molecule has 2 rings (SSSR count). The van der Waals surface area contributed by atoms with Gasteiger partial charge < -0.3 is 15.8 Å². The van der Waals surface area contributed by atoms with Crippen molar-refractivity contribution in [2.75, 3.05) is 11.9 Å². The first-order valence-corrected chi connectivity index (χ1v) is 6.47. The van der Waals surface area contributed by atoms with Crippen LogP contribution in [0.4, 0.5) is 5.69 Å². The Labute approximate surface area is 128 Å². The fourth-order valence-electron chi connectivity index (χ4n) is 1.77. The Morgan fingerprint density at radius 2 is 1.95 bits per heavy atom. The summed E-state index contributed by atoms with van der Waals surface area (Å²) in [7, 11) is 0. The van der Waals surface area contributed by atoms with Crippen LogP contribution in [-0.4, -0.2) is 18.4 Å². The third kappa shape index (κ3) is 4.12. The minimum Gasteiger partial charge on any atom is -0.484 e. The van der Waals surface area contributed by atoms with Crippen LogP contribution in [0.3, 0.4) is 0 Å². The fourth-order valence-corrected chi connectivity index (χ4v) is 1.77. The third-order valence-electron chi connectivity index (χ3n) is 2.76. The Balaban J connectivity index is 2.10. The predicted octanol–water partition coefficient (Wildman–Crippen LogP) is 1.78. The second kappa shape index (κ2) is 6.95. The fraction of sp³-hybridized carbons (Fsp3) is 0.0588. The van der Waals surface area contributed by atoms with E-state index >= 15 is 0 Å². The van der Waals surface area contributed by atoms with Crippen LogP contribution in [0, 0.1) is 12.3 Å². The van der Waals surface area contributed by atoms with Gasteiger partial charge >= 0.3 is 0 Å². The summed E-state index contributed by atoms with van der Waals surface area (Å²) in [6.45, 7) is -0.241. The van der Waals surface area contributed by atoms with E-state index in [9.17, 15) is 9.59 Å². The molecule has 3 N–H and O–H groups in total. The summed E-state index contributed by atoms with van der Waals surface area (Å²) >= 11 is 0. The van der Waals surface area contributed by atoms with E-state index in [1.165, 1.54) is 6.07 Å². The van der Waals surface area contributed by atoms with E-state index in [2.05, 4.69) is 11.2 Å². The second-order valence-electron chi connectivity index (χ2n) is 4.46. The van der Waals surface area contributed by atoms with E-state index in [-0.39, 0.29) is 12.5 Å². The average Bonchev–Trinajstić information content (AvgIpc) is 2.53. The van der Waals surface area contributed by atoms with Crippen molar-refractivity contribution < 1.29 is 14.3 Å². The molecular weight excluding hydrogens is 280 g/mol. The predicted molar refractivity (Wildman–Crippen MR) is 83.5 cm³/mol. The van der Waals surface area contributed by atoms with E-state index in [4.69, 9.17) is 16.9 Å². The van der Waals surface area contributed by atoms with Gasteiger partial charge in [-0.05, 0) is 36.4 Å². The van der Waals surface area contributed by atoms with Gasteiger partial charge in [-0.2, -0.15) is 0 Å². The summed E-state index contributed by atoms with van der Waals surface area (Å²) in [4.78, 5) is 22.9. The number of nitrogens with two attached hydrogens (primary N) is 1. The van der Waals surface area contributed by atoms with Crippen molar-refractivity contribution in [3.05, 3.63) is 59.7 Å². The topological polar surface area (TPSA) is 81.4 Å². The van der Waals surface area contributed by atoms with Crippen LogP contribution in [0.2, 0.25) is 0 Å². The molecule has 2 amide bonds. The van der Waals surface area contributed by atoms with Gasteiger partial charge in [0.2, 0.25) is 0 Å². The van der Waals surface area contributed by atoms with Crippen LogP contribution in [0.25, 0.3) is 0 Å². The van der Waals surface area contributed by atoms with Gasteiger partial charge in [0.05, 0.1) is 0 Å². The van der Waals surface area contributed by atoms with Crippen molar-refractivity contribution in [3.8, 4) is 18.1 Å². The molecular formula is C17H14N2O3. The van der Waals surface area contributed by atoms with Crippen molar-refractivity contribution in [1.82, 2.24) is 0 Å². The largest absolute Gasteiger partial charge is 0.484 e. The monoisotopic (exact) mass is 294 g/mol. The van der Waals surface area contributed by atoms with E-state index in [1.54, 1.807) is 42.5 Å². The first-order chi connectivity index (χ1) is 10.6. The lowest BCUT2D eigenvalue weighted by molar-refractivity contribution is -0.119. The standard InChI is InChI=1S/C17H14N2O3/c1-2-12-5-3-7-14(9-12)19-17(21)13-6-4-8-15(10-13)22-11-16(18)20/h1,3-10H,11H2,(H2,18,20)(H,19,21). The highest BCUT2D eigenvalue weighted by molar-refractivity contribution is 6.04. The molecule has 5 nitrogen and oxygen atoms in total. The molecule has 2 aromatic carbocycles. The molecule has 0 radical (unpaired) electrons. The molecule has 2 aromatic rings. The van der Waals surface area contributed by atoms with Crippen LogP contribution < -0.4 is 15.8 Å². The number of rotatable bonds is 5. The number of carbonyl (C=O) groups excluding carboxylic acids is 2. The molecule has 0 unspecified atom stereocenters. The van der Waals surface area contributed by atoms with Crippen LogP contribution in [0.15, 0.2) is 48.5 Å². The molecule has 110 valence electrons. The number of hydrogen-bond donors (Lipinski definition) is 2. The molecule has 0 bridgehead atoms. The third-order valence-corrected chi connectivity index (χ3v) is 2.76. The lowest BCUT2D eigenvalue weighted by Gasteiger charge is -2.08. The van der Waals surface area contributed by atoms with Crippen molar-refractivity contribution >= 4 is 17.5 Å². The SMILES string of the molecule is C#Cc1cccc(NC(=O)c2cccc(OCC(N)=O)c2)c1. The molecule has 0 fully saturated rings. The van der Waals surface area contributed by atoms with Gasteiger partial charge in [0, 0.05) is 16.8 Å². The maximum absolute atomic E-state index is 12.2. The van der Waals surface area contributed by atoms with E-state index in [0.29, 0.717) is 22.6 Å². The number of anilines is 1. The highest BCUT2D eigenvalue weighted by Gasteiger charge is 2.08. The summed E-state index contributed by atoms with van der Waals surface area (Å²) in [6.07, 6.45) is 5.32. The molecule has 0 aromatic heterocycles. The normalized spacial score (nSPS) is 9.59. The van der Waals surface area contributed by atoms with Crippen LogP contribution in [0.1, 0.15) is 15.9 Å². The van der Waals surface area contributed by atoms with Gasteiger partial charge in [0.25, 0.3) is 11.8 Å². The summed E-state index contributed by atoms with van der Waals surface area (Å²) in [5.74, 6) is 2.00. The van der Waals surface area contributed by atoms with E-state index in [1.807, 2.05) is 0 Å². The molecule has 22 heavy (non-hydrogen) atoms. The zero-order valence-electron chi connectivity index (χ0n) is 11.7. The Morgan fingerprint density at radius 3 is 2.68 bits per heavy atom. The molecule has 0 saturated heterocycles. The number of nitrogens with one attached hydrogen (secondary N) is 1. The molecule has 0 aliphatic carbocycles. The van der Waals surface area contributed by atoms with Gasteiger partial charge in [-0.25, -0.2) is 0 Å². The molecule has 5 heteroatoms. The first-order valence-electron chi connectivity index (χ1n) is 6.47. The number of ether oxygens (including phenoxy) is 1. The summed E-state index contributed by atoms with van der Waals surface area (Å²) < 4.78 is 5.16. The molecule has 0 aliphatic rings. The number of terminal acetylenes is 1. The van der Waals surface area contributed by atoms with Gasteiger partial charge in [0.15, 0.2) is 6.61 Å². The Bertz CT molecular complexity index is 748. The lowest BCUT2D eigenvalue weighted by Crippen LogP contribution is -2.20. The summed E-state index contributed by atoms with van der Waals surface area (Å²) in [5, 5.41) is 2.74. The Morgan fingerprint density at radius 1 is 1.18 bits per heavy atom.